The molecule has 2 aromatic rings. The van der Waals surface area contributed by atoms with E-state index in [2.05, 4.69) is 15.1 Å². The molecular weight excluding hydrogens is 244 g/mol. The van der Waals surface area contributed by atoms with E-state index < -0.39 is 0 Å². The second kappa shape index (κ2) is 4.43. The van der Waals surface area contributed by atoms with Crippen molar-refractivity contribution in [1.29, 1.82) is 0 Å². The molecular formula is C10H11ClN4S. The third-order valence-corrected chi connectivity index (χ3v) is 2.81. The van der Waals surface area contributed by atoms with Gasteiger partial charge in [0.2, 0.25) is 0 Å². The van der Waals surface area contributed by atoms with Crippen LogP contribution in [-0.4, -0.2) is 26.0 Å². The van der Waals surface area contributed by atoms with Gasteiger partial charge in [0.1, 0.15) is 5.15 Å². The van der Waals surface area contributed by atoms with Crippen LogP contribution in [0.15, 0.2) is 17.3 Å². The van der Waals surface area contributed by atoms with Gasteiger partial charge >= 0.3 is 0 Å². The zero-order chi connectivity index (χ0) is 11.7. The smallest absolute Gasteiger partial charge is 0.190 e. The predicted octanol–water partition coefficient (Wildman–Crippen LogP) is 2.65. The monoisotopic (exact) mass is 254 g/mol. The van der Waals surface area contributed by atoms with E-state index in [9.17, 15) is 0 Å². The van der Waals surface area contributed by atoms with Crippen LogP contribution in [0.3, 0.4) is 0 Å². The van der Waals surface area contributed by atoms with Crippen LogP contribution in [0.5, 0.6) is 0 Å². The lowest BCUT2D eigenvalue weighted by Crippen LogP contribution is -2.03. The Hall–Kier alpha value is -1.07. The van der Waals surface area contributed by atoms with Gasteiger partial charge in [-0.3, -0.25) is 0 Å². The molecule has 0 unspecified atom stereocenters. The number of hydrogen-bond acceptors (Lipinski definition) is 4. The second-order valence-electron chi connectivity index (χ2n) is 3.37. The van der Waals surface area contributed by atoms with Gasteiger partial charge < -0.3 is 0 Å². The Morgan fingerprint density at radius 3 is 2.56 bits per heavy atom. The highest BCUT2D eigenvalue weighted by Crippen LogP contribution is 2.17. The summed E-state index contributed by atoms with van der Waals surface area (Å²) in [5, 5.41) is 5.44. The molecule has 0 fully saturated rings. The molecule has 0 bridgehead atoms. The molecule has 0 aliphatic carbocycles. The minimum atomic E-state index is 0.432. The van der Waals surface area contributed by atoms with E-state index in [1.54, 1.807) is 10.7 Å². The average molecular weight is 255 g/mol. The molecule has 0 N–H and O–H groups in total. The van der Waals surface area contributed by atoms with Crippen LogP contribution < -0.4 is 0 Å². The molecule has 0 saturated carbocycles. The Morgan fingerprint density at radius 2 is 2.00 bits per heavy atom. The van der Waals surface area contributed by atoms with Crippen LogP contribution in [0.1, 0.15) is 11.4 Å². The zero-order valence-electron chi connectivity index (χ0n) is 9.23. The third kappa shape index (κ3) is 2.20. The summed E-state index contributed by atoms with van der Waals surface area (Å²) in [6.45, 7) is 3.93. The number of aromatic nitrogens is 4. The normalized spacial score (nSPS) is 10.8. The van der Waals surface area contributed by atoms with Crippen LogP contribution in [0, 0.1) is 13.8 Å². The molecule has 0 aromatic carbocycles. The molecule has 2 heterocycles. The second-order valence-corrected chi connectivity index (χ2v) is 4.54. The van der Waals surface area contributed by atoms with Crippen LogP contribution in [0.25, 0.3) is 5.82 Å². The summed E-state index contributed by atoms with van der Waals surface area (Å²) < 4.78 is 1.77. The molecule has 0 saturated heterocycles. The largest absolute Gasteiger partial charge is 0.219 e. The minimum Gasteiger partial charge on any atom is -0.219 e. The molecule has 0 amide bonds. The van der Waals surface area contributed by atoms with Gasteiger partial charge in [-0.1, -0.05) is 23.4 Å². The van der Waals surface area contributed by atoms with Crippen molar-refractivity contribution >= 4 is 23.4 Å². The Morgan fingerprint density at radius 1 is 1.25 bits per heavy atom. The summed E-state index contributed by atoms with van der Waals surface area (Å²) in [4.78, 5) is 8.45. The number of halogens is 1. The number of rotatable bonds is 2. The van der Waals surface area contributed by atoms with Crippen LogP contribution in [0.2, 0.25) is 5.15 Å². The molecule has 16 heavy (non-hydrogen) atoms. The highest BCUT2D eigenvalue weighted by molar-refractivity contribution is 7.98. The third-order valence-electron chi connectivity index (χ3n) is 2.07. The minimum absolute atomic E-state index is 0.432. The Balaban J connectivity index is 2.55. The lowest BCUT2D eigenvalue weighted by atomic mass is 10.4. The van der Waals surface area contributed by atoms with Gasteiger partial charge in [0.25, 0.3) is 0 Å². The first-order chi connectivity index (χ1) is 7.60. The van der Waals surface area contributed by atoms with Gasteiger partial charge in [0, 0.05) is 11.8 Å². The first-order valence-electron chi connectivity index (χ1n) is 4.72. The van der Waals surface area contributed by atoms with Gasteiger partial charge in [0.05, 0.1) is 5.69 Å². The van der Waals surface area contributed by atoms with E-state index in [0.717, 1.165) is 11.4 Å². The topological polar surface area (TPSA) is 43.6 Å². The highest BCUT2D eigenvalue weighted by Gasteiger charge is 2.08. The molecule has 0 spiro atoms. The van der Waals surface area contributed by atoms with E-state index in [1.807, 2.05) is 26.2 Å². The molecule has 2 aromatic heterocycles. The first-order valence-corrected chi connectivity index (χ1v) is 6.32. The maximum Gasteiger partial charge on any atom is 0.190 e. The molecule has 0 radical (unpaired) electrons. The lowest BCUT2D eigenvalue weighted by Gasteiger charge is -2.04. The van der Waals surface area contributed by atoms with Gasteiger partial charge in [0.15, 0.2) is 11.0 Å². The maximum absolute atomic E-state index is 5.93. The Labute approximate surface area is 103 Å². The van der Waals surface area contributed by atoms with Crippen molar-refractivity contribution in [3.63, 3.8) is 0 Å². The van der Waals surface area contributed by atoms with E-state index >= 15 is 0 Å². The van der Waals surface area contributed by atoms with E-state index in [-0.39, 0.29) is 0 Å². The number of hydrogen-bond donors (Lipinski definition) is 0. The standard InChI is InChI=1S/C10H11ClN4S/c1-6-4-7(2)15(14-6)9-5-8(11)12-10(13-9)16-3/h4-5H,1-3H3. The molecule has 84 valence electrons. The number of nitrogens with zero attached hydrogens (tertiary/aromatic N) is 4. The summed E-state index contributed by atoms with van der Waals surface area (Å²) in [5.74, 6) is 0.704. The summed E-state index contributed by atoms with van der Waals surface area (Å²) in [7, 11) is 0. The molecule has 6 heteroatoms. The summed E-state index contributed by atoms with van der Waals surface area (Å²) in [6, 6.07) is 3.70. The lowest BCUT2D eigenvalue weighted by molar-refractivity contribution is 0.777. The zero-order valence-corrected chi connectivity index (χ0v) is 10.8. The van der Waals surface area contributed by atoms with Gasteiger partial charge in [-0.25, -0.2) is 14.6 Å². The fourth-order valence-corrected chi connectivity index (χ4v) is 2.05. The van der Waals surface area contributed by atoms with Crippen molar-refractivity contribution in [3.05, 3.63) is 28.7 Å². The van der Waals surface area contributed by atoms with E-state index in [0.29, 0.717) is 16.1 Å². The fourth-order valence-electron chi connectivity index (χ4n) is 1.45. The van der Waals surface area contributed by atoms with Gasteiger partial charge in [-0.05, 0) is 26.2 Å². The van der Waals surface area contributed by atoms with E-state index in [4.69, 9.17) is 11.6 Å². The molecule has 2 rings (SSSR count). The molecule has 4 nitrogen and oxygen atoms in total. The number of aryl methyl sites for hydroxylation is 2. The van der Waals surface area contributed by atoms with Gasteiger partial charge in [-0.2, -0.15) is 5.10 Å². The summed E-state index contributed by atoms with van der Waals surface area (Å²) in [5.41, 5.74) is 1.98. The van der Waals surface area contributed by atoms with E-state index in [1.165, 1.54) is 11.8 Å². The van der Waals surface area contributed by atoms with Crippen molar-refractivity contribution in [1.82, 2.24) is 19.7 Å². The average Bonchev–Trinajstić information content (AvgIpc) is 2.57. The van der Waals surface area contributed by atoms with Crippen molar-refractivity contribution in [3.8, 4) is 5.82 Å². The predicted molar refractivity (Wildman–Crippen MR) is 65.4 cm³/mol. The quantitative estimate of drug-likeness (QED) is 0.470. The first kappa shape index (κ1) is 11.4. The van der Waals surface area contributed by atoms with Crippen LogP contribution in [-0.2, 0) is 0 Å². The Kier molecular flexibility index (Phi) is 3.16. The molecule has 0 aliphatic rings. The maximum atomic E-state index is 5.93. The van der Waals surface area contributed by atoms with Crippen molar-refractivity contribution < 1.29 is 0 Å². The van der Waals surface area contributed by atoms with Gasteiger partial charge in [-0.15, -0.1) is 0 Å². The van der Waals surface area contributed by atoms with Crippen LogP contribution >= 0.6 is 23.4 Å². The van der Waals surface area contributed by atoms with Crippen molar-refractivity contribution in [2.75, 3.05) is 6.26 Å². The Bertz CT molecular complexity index is 524. The number of thioether (sulfide) groups is 1. The van der Waals surface area contributed by atoms with Crippen LogP contribution in [0.4, 0.5) is 0 Å². The van der Waals surface area contributed by atoms with Crippen molar-refractivity contribution in [2.24, 2.45) is 0 Å². The summed E-state index contributed by atoms with van der Waals surface area (Å²) >= 11 is 7.39. The SMILES string of the molecule is CSc1nc(Cl)cc(-n2nc(C)cc2C)n1. The fraction of sp³-hybridized carbons (Fsp3) is 0.300. The molecule has 0 atom stereocenters. The molecule has 0 aliphatic heterocycles. The summed E-state index contributed by atoms with van der Waals surface area (Å²) in [6.07, 6.45) is 1.91. The highest BCUT2D eigenvalue weighted by atomic mass is 35.5. The van der Waals surface area contributed by atoms with Crippen molar-refractivity contribution in [2.45, 2.75) is 19.0 Å².